The molecule has 7 heteroatoms. The van der Waals surface area contributed by atoms with Gasteiger partial charge < -0.3 is 19.9 Å². The van der Waals surface area contributed by atoms with E-state index in [-0.39, 0.29) is 35.9 Å². The van der Waals surface area contributed by atoms with E-state index in [9.17, 15) is 4.79 Å². The molecule has 0 saturated carbocycles. The summed E-state index contributed by atoms with van der Waals surface area (Å²) in [5.74, 6) is 0.808. The van der Waals surface area contributed by atoms with Crippen molar-refractivity contribution >= 4 is 41.6 Å². The van der Waals surface area contributed by atoms with Gasteiger partial charge in [-0.15, -0.1) is 24.0 Å². The van der Waals surface area contributed by atoms with Gasteiger partial charge in [0.25, 0.3) is 0 Å². The molecule has 1 N–H and O–H groups in total. The summed E-state index contributed by atoms with van der Waals surface area (Å²) in [5.41, 5.74) is 2.49. The van der Waals surface area contributed by atoms with Gasteiger partial charge in [-0.25, -0.2) is 0 Å². The normalized spacial score (nSPS) is 17.6. The third-order valence-corrected chi connectivity index (χ3v) is 5.09. The number of nitrogens with one attached hydrogen (secondary N) is 1. The van der Waals surface area contributed by atoms with Gasteiger partial charge in [0.05, 0.1) is 13.0 Å². The van der Waals surface area contributed by atoms with Crippen LogP contribution in [0, 0.1) is 5.92 Å². The summed E-state index contributed by atoms with van der Waals surface area (Å²) >= 11 is 0. The van der Waals surface area contributed by atoms with Crippen molar-refractivity contribution in [3.05, 3.63) is 42.0 Å². The van der Waals surface area contributed by atoms with Crippen LogP contribution in [0.4, 0.5) is 5.69 Å². The highest BCUT2D eigenvalue weighted by molar-refractivity contribution is 14.0. The van der Waals surface area contributed by atoms with Gasteiger partial charge in [-0.05, 0) is 30.5 Å². The first-order chi connectivity index (χ1) is 12.7. The molecule has 6 nitrogen and oxygen atoms in total. The zero-order valence-corrected chi connectivity index (χ0v) is 18.4. The monoisotopic (exact) mass is 484 g/mol. The molecule has 0 amide bonds. The highest BCUT2D eigenvalue weighted by Gasteiger charge is 2.26. The summed E-state index contributed by atoms with van der Waals surface area (Å²) in [4.78, 5) is 20.6. The van der Waals surface area contributed by atoms with Crippen LogP contribution in [0.2, 0.25) is 0 Å². The predicted octanol–water partition coefficient (Wildman–Crippen LogP) is 2.64. The molecule has 2 aliphatic heterocycles. The topological polar surface area (TPSA) is 57.2 Å². The van der Waals surface area contributed by atoms with E-state index < -0.39 is 0 Å². The van der Waals surface area contributed by atoms with Crippen molar-refractivity contribution in [2.24, 2.45) is 10.9 Å². The lowest BCUT2D eigenvalue weighted by molar-refractivity contribution is -0.146. The Labute approximate surface area is 178 Å². The number of halogens is 1. The Kier molecular flexibility index (Phi) is 8.40. The van der Waals surface area contributed by atoms with Gasteiger partial charge in [-0.1, -0.05) is 24.3 Å². The van der Waals surface area contributed by atoms with Crippen molar-refractivity contribution in [3.8, 4) is 0 Å². The fourth-order valence-electron chi connectivity index (χ4n) is 3.56. The van der Waals surface area contributed by atoms with Gasteiger partial charge in [0.1, 0.15) is 0 Å². The molecule has 0 aromatic heterocycles. The summed E-state index contributed by atoms with van der Waals surface area (Å²) in [6, 6.07) is 8.63. The van der Waals surface area contributed by atoms with Gasteiger partial charge in [0.15, 0.2) is 5.96 Å². The number of piperidine rings is 1. The predicted molar refractivity (Wildman–Crippen MR) is 120 cm³/mol. The van der Waals surface area contributed by atoms with Gasteiger partial charge in [-0.2, -0.15) is 0 Å². The van der Waals surface area contributed by atoms with Crippen LogP contribution in [-0.4, -0.2) is 57.2 Å². The maximum atomic E-state index is 11.7. The molecule has 2 heterocycles. The standard InChI is InChI=1S/C20H28N4O2.HI/c1-21-20(24-12-8-17(9-13-24)19(25)26-2)22-15-16-6-5-7-18(14-16)23-10-3-4-11-23;/h3-7,14,17H,8-13,15H2,1-2H3,(H,21,22);1H. The zero-order chi connectivity index (χ0) is 18.4. The van der Waals surface area contributed by atoms with Crippen molar-refractivity contribution in [2.75, 3.05) is 45.2 Å². The number of likely N-dealkylation sites (tertiary alicyclic amines) is 1. The highest BCUT2D eigenvalue weighted by Crippen LogP contribution is 2.20. The number of nitrogens with zero attached hydrogens (tertiary/aromatic N) is 3. The van der Waals surface area contributed by atoms with Gasteiger partial charge in [-0.3, -0.25) is 9.79 Å². The number of guanidine groups is 1. The molecule has 3 rings (SSSR count). The van der Waals surface area contributed by atoms with Gasteiger partial charge in [0, 0.05) is 45.5 Å². The van der Waals surface area contributed by atoms with Crippen LogP contribution in [0.5, 0.6) is 0 Å². The number of esters is 1. The second-order valence-corrected chi connectivity index (χ2v) is 6.73. The molecule has 0 spiro atoms. The molecule has 0 bridgehead atoms. The Morgan fingerprint density at radius 3 is 2.59 bits per heavy atom. The Hall–Kier alpha value is -1.77. The zero-order valence-electron chi connectivity index (χ0n) is 16.1. The van der Waals surface area contributed by atoms with Gasteiger partial charge in [0.2, 0.25) is 0 Å². The summed E-state index contributed by atoms with van der Waals surface area (Å²) in [6.07, 6.45) is 6.02. The maximum Gasteiger partial charge on any atom is 0.308 e. The number of benzene rings is 1. The van der Waals surface area contributed by atoms with Crippen LogP contribution < -0.4 is 10.2 Å². The number of aliphatic imine (C=N–C) groups is 1. The van der Waals surface area contributed by atoms with Crippen molar-refractivity contribution in [3.63, 3.8) is 0 Å². The Balaban J connectivity index is 0.00000261. The number of carbonyl (C=O) groups is 1. The summed E-state index contributed by atoms with van der Waals surface area (Å²) < 4.78 is 4.86. The van der Waals surface area contributed by atoms with E-state index in [2.05, 4.69) is 56.5 Å². The summed E-state index contributed by atoms with van der Waals surface area (Å²) in [7, 11) is 3.27. The van der Waals surface area contributed by atoms with E-state index in [1.54, 1.807) is 7.05 Å². The molecule has 2 aliphatic rings. The first-order valence-corrected chi connectivity index (χ1v) is 9.23. The molecule has 1 fully saturated rings. The number of methoxy groups -OCH3 is 1. The van der Waals surface area contributed by atoms with Crippen molar-refractivity contribution in [1.29, 1.82) is 0 Å². The van der Waals surface area contributed by atoms with Crippen LogP contribution in [0.15, 0.2) is 41.4 Å². The van der Waals surface area contributed by atoms with E-state index in [0.29, 0.717) is 0 Å². The number of hydrogen-bond donors (Lipinski definition) is 1. The molecule has 1 aromatic rings. The van der Waals surface area contributed by atoms with E-state index in [1.807, 2.05) is 0 Å². The minimum Gasteiger partial charge on any atom is -0.469 e. The first kappa shape index (κ1) is 21.5. The maximum absolute atomic E-state index is 11.7. The SMILES string of the molecule is CN=C(NCc1cccc(N2CC=CC2)c1)N1CCC(C(=O)OC)CC1.I. The fourth-order valence-corrected chi connectivity index (χ4v) is 3.56. The number of anilines is 1. The smallest absolute Gasteiger partial charge is 0.308 e. The van der Waals surface area contributed by atoms with Crippen molar-refractivity contribution in [2.45, 2.75) is 19.4 Å². The average Bonchev–Trinajstić information content (AvgIpc) is 3.23. The Morgan fingerprint density at radius 1 is 1.26 bits per heavy atom. The fraction of sp³-hybridized carbons (Fsp3) is 0.500. The van der Waals surface area contributed by atoms with Crippen LogP contribution in [0.25, 0.3) is 0 Å². The lowest BCUT2D eigenvalue weighted by Gasteiger charge is -2.33. The molecular weight excluding hydrogens is 455 g/mol. The Morgan fingerprint density at radius 2 is 1.96 bits per heavy atom. The summed E-state index contributed by atoms with van der Waals surface area (Å²) in [5, 5.41) is 3.46. The van der Waals surface area contributed by atoms with Gasteiger partial charge >= 0.3 is 5.97 Å². The lowest BCUT2D eigenvalue weighted by atomic mass is 9.97. The van der Waals surface area contributed by atoms with E-state index in [0.717, 1.165) is 51.5 Å². The molecule has 1 aromatic carbocycles. The number of hydrogen-bond acceptors (Lipinski definition) is 4. The van der Waals surface area contributed by atoms with Crippen LogP contribution in [-0.2, 0) is 16.1 Å². The minimum atomic E-state index is -0.0965. The lowest BCUT2D eigenvalue weighted by Crippen LogP contribution is -2.46. The average molecular weight is 484 g/mol. The number of rotatable bonds is 4. The van der Waals surface area contributed by atoms with Crippen LogP contribution in [0.1, 0.15) is 18.4 Å². The second kappa shape index (κ2) is 10.5. The quantitative estimate of drug-likeness (QED) is 0.234. The summed E-state index contributed by atoms with van der Waals surface area (Å²) in [6.45, 7) is 4.33. The number of carbonyl (C=O) groups excluding carboxylic acids is 1. The Bertz CT molecular complexity index is 676. The molecule has 148 valence electrons. The molecular formula is C20H29IN4O2. The van der Waals surface area contributed by atoms with E-state index >= 15 is 0 Å². The minimum absolute atomic E-state index is 0. The van der Waals surface area contributed by atoms with E-state index in [1.165, 1.54) is 18.4 Å². The molecule has 0 atom stereocenters. The van der Waals surface area contributed by atoms with E-state index in [4.69, 9.17) is 4.74 Å². The molecule has 0 unspecified atom stereocenters. The van der Waals surface area contributed by atoms with Crippen LogP contribution >= 0.6 is 24.0 Å². The number of ether oxygens (including phenoxy) is 1. The third kappa shape index (κ3) is 5.60. The molecule has 1 saturated heterocycles. The van der Waals surface area contributed by atoms with Crippen LogP contribution in [0.3, 0.4) is 0 Å². The largest absolute Gasteiger partial charge is 0.469 e. The second-order valence-electron chi connectivity index (χ2n) is 6.73. The van der Waals surface area contributed by atoms with Crippen molar-refractivity contribution < 1.29 is 9.53 Å². The molecule has 0 aliphatic carbocycles. The molecule has 27 heavy (non-hydrogen) atoms. The first-order valence-electron chi connectivity index (χ1n) is 9.23. The third-order valence-electron chi connectivity index (χ3n) is 5.09. The van der Waals surface area contributed by atoms with Crippen molar-refractivity contribution in [1.82, 2.24) is 10.2 Å². The highest BCUT2D eigenvalue weighted by atomic mass is 127. The molecule has 0 radical (unpaired) electrons.